The largest absolute Gasteiger partial charge is 0.408 e. The average Bonchev–Trinajstić information content (AvgIpc) is 2.65. The molecule has 1 N–H and O–H groups in total. The van der Waals surface area contributed by atoms with E-state index in [0.717, 1.165) is 12.8 Å². The van der Waals surface area contributed by atoms with Gasteiger partial charge in [0.25, 0.3) is 0 Å². The highest BCUT2D eigenvalue weighted by atomic mass is 16.8. The molecule has 0 bridgehead atoms. The van der Waals surface area contributed by atoms with Crippen LogP contribution in [0, 0.1) is 0 Å². The van der Waals surface area contributed by atoms with Crippen LogP contribution in [-0.2, 0) is 14.3 Å². The summed E-state index contributed by atoms with van der Waals surface area (Å²) in [7, 11) is 0. The van der Waals surface area contributed by atoms with Crippen molar-refractivity contribution in [3.63, 3.8) is 0 Å². The minimum absolute atomic E-state index is 0.242. The molecule has 4 nitrogen and oxygen atoms in total. The second kappa shape index (κ2) is 18.7. The Kier molecular flexibility index (Phi) is 18.3. The molecule has 27 heavy (non-hydrogen) atoms. The van der Waals surface area contributed by atoms with Crippen molar-refractivity contribution in [1.82, 2.24) is 0 Å². The van der Waals surface area contributed by atoms with Crippen molar-refractivity contribution in [2.24, 2.45) is 0 Å². The van der Waals surface area contributed by atoms with Gasteiger partial charge in [0.2, 0.25) is 0 Å². The number of unbranched alkanes of at least 4 members (excludes halogenated alkanes) is 14. The van der Waals surface area contributed by atoms with Crippen LogP contribution in [0.2, 0.25) is 0 Å². The topological polar surface area (TPSA) is 55.8 Å². The first-order chi connectivity index (χ1) is 13.1. The molecular formula is C23H46O4. The minimum atomic E-state index is -1.75. The summed E-state index contributed by atoms with van der Waals surface area (Å²) >= 11 is 0. The normalized spacial score (nSPS) is 13.5. The first kappa shape index (κ1) is 26.4. The first-order valence-electron chi connectivity index (χ1n) is 11.7. The maximum Gasteiger partial charge on any atom is 0.326 e. The van der Waals surface area contributed by atoms with Crippen LogP contribution >= 0.6 is 0 Å². The fourth-order valence-electron chi connectivity index (χ4n) is 3.30. The summed E-state index contributed by atoms with van der Waals surface area (Å²) in [6, 6.07) is 0. The number of hydrogen-bond acceptors (Lipinski definition) is 4. The van der Waals surface area contributed by atoms with Crippen LogP contribution in [0.3, 0.4) is 0 Å². The zero-order valence-corrected chi connectivity index (χ0v) is 18.4. The summed E-state index contributed by atoms with van der Waals surface area (Å²) < 4.78 is 10.1. The number of aliphatic hydroxyl groups is 1. The average molecular weight is 387 g/mol. The van der Waals surface area contributed by atoms with Crippen LogP contribution in [-0.4, -0.2) is 23.7 Å². The molecule has 1 atom stereocenters. The van der Waals surface area contributed by atoms with Crippen LogP contribution in [0.25, 0.3) is 0 Å². The molecule has 0 aliphatic carbocycles. The van der Waals surface area contributed by atoms with Gasteiger partial charge in [-0.05, 0) is 13.3 Å². The molecule has 0 fully saturated rings. The van der Waals surface area contributed by atoms with E-state index in [1.165, 1.54) is 83.5 Å². The molecule has 0 saturated heterocycles. The number of esters is 1. The second-order valence-corrected chi connectivity index (χ2v) is 7.67. The van der Waals surface area contributed by atoms with Crippen molar-refractivity contribution in [2.45, 2.75) is 136 Å². The third-order valence-electron chi connectivity index (χ3n) is 5.07. The van der Waals surface area contributed by atoms with Gasteiger partial charge in [0.05, 0.1) is 6.61 Å². The minimum Gasteiger partial charge on any atom is -0.408 e. The number of carbonyl (C=O) groups is 1. The SMILES string of the molecule is CCCCCCCCCCCCCCCCCC(=O)OC(O)(CC)OCC. The van der Waals surface area contributed by atoms with Gasteiger partial charge in [0, 0.05) is 12.8 Å². The summed E-state index contributed by atoms with van der Waals surface area (Å²) in [6.07, 6.45) is 20.1. The van der Waals surface area contributed by atoms with E-state index in [0.29, 0.717) is 13.0 Å². The van der Waals surface area contributed by atoms with E-state index in [2.05, 4.69) is 6.92 Å². The number of hydrogen-bond donors (Lipinski definition) is 1. The standard InChI is InChI=1S/C23H46O4/c1-4-7-8-9-10-11-12-13-14-15-16-17-18-19-20-21-22(24)27-23(25,5-2)26-6-3/h25H,4-21H2,1-3H3. The van der Waals surface area contributed by atoms with Crippen molar-refractivity contribution in [2.75, 3.05) is 6.61 Å². The molecule has 0 aromatic carbocycles. The molecular weight excluding hydrogens is 340 g/mol. The van der Waals surface area contributed by atoms with Crippen molar-refractivity contribution >= 4 is 5.97 Å². The lowest BCUT2D eigenvalue weighted by Gasteiger charge is -2.25. The molecule has 0 aliphatic rings. The third-order valence-corrected chi connectivity index (χ3v) is 5.07. The predicted octanol–water partition coefficient (Wildman–Crippen LogP) is 6.88. The summed E-state index contributed by atoms with van der Waals surface area (Å²) in [5.74, 6) is -2.12. The third kappa shape index (κ3) is 17.2. The molecule has 0 aromatic rings. The van der Waals surface area contributed by atoms with Gasteiger partial charge in [0.15, 0.2) is 0 Å². The molecule has 0 spiro atoms. The first-order valence-corrected chi connectivity index (χ1v) is 11.7. The lowest BCUT2D eigenvalue weighted by Crippen LogP contribution is -2.37. The van der Waals surface area contributed by atoms with E-state index in [9.17, 15) is 9.90 Å². The van der Waals surface area contributed by atoms with Crippen LogP contribution < -0.4 is 0 Å². The summed E-state index contributed by atoms with van der Waals surface area (Å²) in [5, 5.41) is 9.95. The van der Waals surface area contributed by atoms with E-state index in [1.807, 2.05) is 0 Å². The second-order valence-electron chi connectivity index (χ2n) is 7.67. The van der Waals surface area contributed by atoms with Crippen molar-refractivity contribution < 1.29 is 19.4 Å². The van der Waals surface area contributed by atoms with Crippen molar-refractivity contribution in [3.8, 4) is 0 Å². The Labute approximate surface area is 168 Å². The van der Waals surface area contributed by atoms with E-state index in [1.54, 1.807) is 13.8 Å². The number of ether oxygens (including phenoxy) is 2. The maximum absolute atomic E-state index is 11.8. The van der Waals surface area contributed by atoms with Crippen LogP contribution in [0.4, 0.5) is 0 Å². The summed E-state index contributed by atoms with van der Waals surface area (Å²) in [6.45, 7) is 6.08. The molecule has 0 aromatic heterocycles. The predicted molar refractivity (Wildman–Crippen MR) is 113 cm³/mol. The highest BCUT2D eigenvalue weighted by Crippen LogP contribution is 2.17. The molecule has 162 valence electrons. The zero-order chi connectivity index (χ0) is 20.2. The van der Waals surface area contributed by atoms with Crippen LogP contribution in [0.5, 0.6) is 0 Å². The highest BCUT2D eigenvalue weighted by Gasteiger charge is 2.29. The number of carbonyl (C=O) groups excluding carboxylic acids is 1. The monoisotopic (exact) mass is 386 g/mol. The van der Waals surface area contributed by atoms with Gasteiger partial charge in [0.1, 0.15) is 0 Å². The van der Waals surface area contributed by atoms with Gasteiger partial charge in [-0.3, -0.25) is 4.79 Å². The Balaban J connectivity index is 3.34. The molecule has 4 heteroatoms. The fraction of sp³-hybridized carbons (Fsp3) is 0.957. The molecule has 1 unspecified atom stereocenters. The molecule has 0 rings (SSSR count). The van der Waals surface area contributed by atoms with E-state index in [4.69, 9.17) is 9.47 Å². The van der Waals surface area contributed by atoms with Gasteiger partial charge < -0.3 is 14.6 Å². The highest BCUT2D eigenvalue weighted by molar-refractivity contribution is 5.69. The quantitative estimate of drug-likeness (QED) is 0.141. The molecule has 0 saturated carbocycles. The number of rotatable bonds is 20. The van der Waals surface area contributed by atoms with Gasteiger partial charge in [-0.15, -0.1) is 0 Å². The van der Waals surface area contributed by atoms with E-state index < -0.39 is 5.97 Å². The van der Waals surface area contributed by atoms with E-state index in [-0.39, 0.29) is 12.4 Å². The fourth-order valence-corrected chi connectivity index (χ4v) is 3.30. The van der Waals surface area contributed by atoms with Gasteiger partial charge in [-0.25, -0.2) is 0 Å². The summed E-state index contributed by atoms with van der Waals surface area (Å²) in [5.41, 5.74) is 0. The summed E-state index contributed by atoms with van der Waals surface area (Å²) in [4.78, 5) is 11.8. The molecule has 0 amide bonds. The Bertz CT molecular complexity index is 332. The maximum atomic E-state index is 11.8. The van der Waals surface area contributed by atoms with Crippen LogP contribution in [0.15, 0.2) is 0 Å². The Morgan fingerprint density at radius 3 is 1.48 bits per heavy atom. The Morgan fingerprint density at radius 1 is 0.704 bits per heavy atom. The zero-order valence-electron chi connectivity index (χ0n) is 18.4. The van der Waals surface area contributed by atoms with E-state index >= 15 is 0 Å². The van der Waals surface area contributed by atoms with Gasteiger partial charge in [-0.1, -0.05) is 104 Å². The lowest BCUT2D eigenvalue weighted by atomic mass is 10.0. The Morgan fingerprint density at radius 2 is 1.11 bits per heavy atom. The molecule has 0 heterocycles. The smallest absolute Gasteiger partial charge is 0.326 e. The molecule has 0 radical (unpaired) electrons. The van der Waals surface area contributed by atoms with Gasteiger partial charge >= 0.3 is 11.9 Å². The van der Waals surface area contributed by atoms with Crippen molar-refractivity contribution in [1.29, 1.82) is 0 Å². The lowest BCUT2D eigenvalue weighted by molar-refractivity contribution is -0.341. The molecule has 0 aliphatic heterocycles. The van der Waals surface area contributed by atoms with Crippen LogP contribution in [0.1, 0.15) is 130 Å². The van der Waals surface area contributed by atoms with Crippen molar-refractivity contribution in [3.05, 3.63) is 0 Å². The van der Waals surface area contributed by atoms with Gasteiger partial charge in [-0.2, -0.15) is 0 Å². The Hall–Kier alpha value is -0.610.